The molecule has 0 aromatic heterocycles. The number of benzene rings is 3. The van der Waals surface area contributed by atoms with Crippen LogP contribution < -0.4 is 11.1 Å². The Kier molecular flexibility index (Phi) is 14.9. The lowest BCUT2D eigenvalue weighted by Crippen LogP contribution is -2.42. The predicted molar refractivity (Wildman–Crippen MR) is 190 cm³/mol. The van der Waals surface area contributed by atoms with Gasteiger partial charge in [-0.1, -0.05) is 81.9 Å². The van der Waals surface area contributed by atoms with Gasteiger partial charge in [0.05, 0.1) is 5.69 Å². The summed E-state index contributed by atoms with van der Waals surface area (Å²) in [5, 5.41) is 2.93. The van der Waals surface area contributed by atoms with Gasteiger partial charge in [-0.05, 0) is 68.1 Å². The molecule has 0 bridgehead atoms. The van der Waals surface area contributed by atoms with E-state index in [9.17, 15) is 14.4 Å². The molecule has 2 heterocycles. The van der Waals surface area contributed by atoms with Gasteiger partial charge in [0.1, 0.15) is 6.10 Å². The van der Waals surface area contributed by atoms with Crippen molar-refractivity contribution in [1.29, 1.82) is 0 Å². The quantitative estimate of drug-likeness (QED) is 0.261. The number of anilines is 1. The summed E-state index contributed by atoms with van der Waals surface area (Å²) in [7, 11) is 1.84. The van der Waals surface area contributed by atoms with Gasteiger partial charge in [-0.2, -0.15) is 0 Å². The molecule has 0 atom stereocenters. The van der Waals surface area contributed by atoms with Crippen molar-refractivity contribution in [2.45, 2.75) is 59.6 Å². The number of nitrogens with one attached hydrogen (secondary N) is 1. The molecule has 254 valence electrons. The minimum atomic E-state index is -0.434. The van der Waals surface area contributed by atoms with Crippen molar-refractivity contribution >= 4 is 23.6 Å². The molecule has 0 saturated carbocycles. The summed E-state index contributed by atoms with van der Waals surface area (Å²) >= 11 is 0. The highest BCUT2D eigenvalue weighted by Gasteiger charge is 2.25. The van der Waals surface area contributed by atoms with Crippen LogP contribution in [0.25, 0.3) is 11.1 Å². The fourth-order valence-electron chi connectivity index (χ4n) is 6.00. The Hall–Kier alpha value is -4.21. The molecule has 3 amide bonds. The number of carbonyl (C=O) groups excluding carboxylic acids is 3. The standard InChI is InChI=1S/C35H43N5O4.C2H6.CH4/c1-38(34(42)29-13-11-26(12-14-29)25-40-19-15-28(16-20-40)33(36)41)23-24-39-21-17-30(18-22-39)44-35(43)37-32-10-6-5-9-31(32)27-7-3-2-4-8-27;1-2;/h2-14,28,30H,15-25H2,1H3,(H2,36,41)(H,37,43);1-2H3;1H4. The van der Waals surface area contributed by atoms with Gasteiger partial charge in [-0.3, -0.25) is 19.8 Å². The third-order valence-corrected chi connectivity index (χ3v) is 8.75. The van der Waals surface area contributed by atoms with Crippen LogP contribution in [0.2, 0.25) is 0 Å². The second-order valence-corrected chi connectivity index (χ2v) is 11.9. The molecule has 2 aliphatic heterocycles. The highest BCUT2D eigenvalue weighted by atomic mass is 16.6. The number of para-hydroxylation sites is 1. The number of nitrogens with zero attached hydrogens (tertiary/aromatic N) is 3. The summed E-state index contributed by atoms with van der Waals surface area (Å²) in [6, 6.07) is 25.5. The lowest BCUT2D eigenvalue weighted by Gasteiger charge is -2.32. The Bertz CT molecular complexity index is 1400. The monoisotopic (exact) mass is 643 g/mol. The zero-order chi connectivity index (χ0) is 32.9. The minimum Gasteiger partial charge on any atom is -0.446 e. The van der Waals surface area contributed by atoms with Gasteiger partial charge >= 0.3 is 6.09 Å². The summed E-state index contributed by atoms with van der Waals surface area (Å²) in [6.45, 7) is 9.53. The van der Waals surface area contributed by atoms with E-state index in [1.165, 1.54) is 0 Å². The molecule has 0 unspecified atom stereocenters. The first kappa shape index (κ1) is 37.2. The van der Waals surface area contributed by atoms with Gasteiger partial charge in [0.25, 0.3) is 5.91 Å². The van der Waals surface area contributed by atoms with E-state index in [1.807, 2.05) is 99.8 Å². The second kappa shape index (κ2) is 18.8. The topological polar surface area (TPSA) is 108 Å². The Labute approximate surface area is 281 Å². The summed E-state index contributed by atoms with van der Waals surface area (Å²) < 4.78 is 5.76. The number of likely N-dealkylation sites (tertiary alicyclic amines) is 2. The van der Waals surface area contributed by atoms with Crippen molar-refractivity contribution in [1.82, 2.24) is 14.7 Å². The second-order valence-electron chi connectivity index (χ2n) is 11.9. The number of carbonyl (C=O) groups is 3. The van der Waals surface area contributed by atoms with E-state index < -0.39 is 6.09 Å². The zero-order valence-electron chi connectivity index (χ0n) is 27.5. The molecular weight excluding hydrogens is 590 g/mol. The number of nitrogens with two attached hydrogens (primary N) is 1. The van der Waals surface area contributed by atoms with Crippen molar-refractivity contribution in [2.24, 2.45) is 11.7 Å². The number of likely N-dealkylation sites (N-methyl/N-ethyl adjacent to an activating group) is 1. The van der Waals surface area contributed by atoms with Gasteiger partial charge in [0.2, 0.25) is 5.91 Å². The van der Waals surface area contributed by atoms with Crippen molar-refractivity contribution in [3.8, 4) is 11.1 Å². The van der Waals surface area contributed by atoms with Crippen molar-refractivity contribution in [3.05, 3.63) is 90.0 Å². The fourth-order valence-corrected chi connectivity index (χ4v) is 6.00. The first-order valence-electron chi connectivity index (χ1n) is 16.6. The van der Waals surface area contributed by atoms with Crippen molar-refractivity contribution < 1.29 is 19.1 Å². The number of primary amides is 1. The van der Waals surface area contributed by atoms with E-state index in [0.717, 1.165) is 87.3 Å². The fraction of sp³-hybridized carbons (Fsp3) is 0.447. The molecule has 3 aromatic carbocycles. The molecule has 2 fully saturated rings. The maximum absolute atomic E-state index is 13.0. The minimum absolute atomic E-state index is 0. The van der Waals surface area contributed by atoms with Crippen LogP contribution in [0.1, 0.15) is 62.9 Å². The summed E-state index contributed by atoms with van der Waals surface area (Å²) in [4.78, 5) is 43.6. The van der Waals surface area contributed by atoms with E-state index in [0.29, 0.717) is 12.1 Å². The maximum atomic E-state index is 13.0. The molecule has 3 aromatic rings. The van der Waals surface area contributed by atoms with Crippen LogP contribution in [0.3, 0.4) is 0 Å². The molecular formula is C38H53N5O4. The normalized spacial score (nSPS) is 15.8. The average Bonchev–Trinajstić information content (AvgIpc) is 3.09. The van der Waals surface area contributed by atoms with Crippen molar-refractivity contribution in [3.63, 3.8) is 0 Å². The van der Waals surface area contributed by atoms with E-state index in [2.05, 4.69) is 15.1 Å². The number of ether oxygens (including phenoxy) is 1. The molecule has 47 heavy (non-hydrogen) atoms. The van der Waals surface area contributed by atoms with E-state index in [4.69, 9.17) is 10.5 Å². The smallest absolute Gasteiger partial charge is 0.411 e. The van der Waals surface area contributed by atoms with E-state index in [-0.39, 0.29) is 31.3 Å². The van der Waals surface area contributed by atoms with Gasteiger partial charge in [0, 0.05) is 56.8 Å². The van der Waals surface area contributed by atoms with E-state index >= 15 is 0 Å². The Morgan fingerprint density at radius 2 is 1.43 bits per heavy atom. The van der Waals surface area contributed by atoms with Crippen molar-refractivity contribution in [2.75, 3.05) is 51.6 Å². The Morgan fingerprint density at radius 3 is 2.06 bits per heavy atom. The van der Waals surface area contributed by atoms with Crippen LogP contribution in [0.5, 0.6) is 0 Å². The maximum Gasteiger partial charge on any atom is 0.411 e. The molecule has 5 rings (SSSR count). The Balaban J connectivity index is 0.00000196. The molecule has 0 aliphatic carbocycles. The Morgan fingerprint density at radius 1 is 0.830 bits per heavy atom. The van der Waals surface area contributed by atoms with Crippen LogP contribution in [0.4, 0.5) is 10.5 Å². The molecule has 9 nitrogen and oxygen atoms in total. The highest BCUT2D eigenvalue weighted by molar-refractivity contribution is 5.94. The SMILES string of the molecule is C.CC.CN(CCN1CCC(OC(=O)Nc2ccccc2-c2ccccc2)CC1)C(=O)c1ccc(CN2CCC(C(N)=O)CC2)cc1. The van der Waals surface area contributed by atoms with Crippen LogP contribution in [0.15, 0.2) is 78.9 Å². The first-order valence-corrected chi connectivity index (χ1v) is 16.6. The van der Waals surface area contributed by atoms with Gasteiger partial charge < -0.3 is 20.3 Å². The highest BCUT2D eigenvalue weighted by Crippen LogP contribution is 2.28. The van der Waals surface area contributed by atoms with Gasteiger partial charge in [-0.15, -0.1) is 0 Å². The summed E-state index contributed by atoms with van der Waals surface area (Å²) in [5.41, 5.74) is 9.99. The van der Waals surface area contributed by atoms with Crippen LogP contribution >= 0.6 is 0 Å². The van der Waals surface area contributed by atoms with E-state index in [1.54, 1.807) is 4.90 Å². The number of hydrogen-bond donors (Lipinski definition) is 2. The largest absolute Gasteiger partial charge is 0.446 e. The van der Waals surface area contributed by atoms with Gasteiger partial charge in [0.15, 0.2) is 0 Å². The number of rotatable bonds is 10. The number of hydrogen-bond acceptors (Lipinski definition) is 6. The molecule has 2 saturated heterocycles. The number of piperidine rings is 2. The average molecular weight is 644 g/mol. The summed E-state index contributed by atoms with van der Waals surface area (Å²) in [5.74, 6) is -0.205. The lowest BCUT2D eigenvalue weighted by atomic mass is 9.96. The predicted octanol–water partition coefficient (Wildman–Crippen LogP) is 6.50. The van der Waals surface area contributed by atoms with Crippen LogP contribution in [-0.2, 0) is 16.1 Å². The molecule has 2 aliphatic rings. The first-order chi connectivity index (χ1) is 22.4. The van der Waals surface area contributed by atoms with Gasteiger partial charge in [-0.25, -0.2) is 4.79 Å². The zero-order valence-corrected chi connectivity index (χ0v) is 27.5. The lowest BCUT2D eigenvalue weighted by molar-refractivity contribution is -0.123. The number of amides is 3. The molecule has 0 radical (unpaired) electrons. The third-order valence-electron chi connectivity index (χ3n) is 8.75. The molecule has 9 heteroatoms. The van der Waals surface area contributed by atoms with Crippen LogP contribution in [-0.4, -0.2) is 85.0 Å². The third kappa shape index (κ3) is 10.9. The molecule has 3 N–H and O–H groups in total. The summed E-state index contributed by atoms with van der Waals surface area (Å²) in [6.07, 6.45) is 2.56. The molecule has 0 spiro atoms. The van der Waals surface area contributed by atoms with Crippen LogP contribution in [0, 0.1) is 5.92 Å².